The number of carbonyl (C=O) groups is 10. The molecular weight excluding hydrogens is 1130 g/mol. The van der Waals surface area contributed by atoms with Crippen LogP contribution in [0.3, 0.4) is 0 Å². The molecule has 0 amide bonds. The minimum Gasteiger partial charge on any atom is -0.457 e. The lowest BCUT2D eigenvalue weighted by Gasteiger charge is -2.09. The number of ether oxygens (including phenoxy) is 12. The predicted molar refractivity (Wildman–Crippen MR) is 301 cm³/mol. The number of benzene rings is 8. The molecule has 0 saturated heterocycles. The smallest absolute Gasteiger partial charge is 0.343 e. The number of rotatable bonds is 24. The molecule has 0 spiro atoms. The highest BCUT2D eigenvalue weighted by Crippen LogP contribution is 2.24. The Hall–Kier alpha value is -12.5. The summed E-state index contributed by atoms with van der Waals surface area (Å²) >= 11 is 0. The standard InChI is InChI=1S/C65H44O22/c1-3-56(66)78-37-76-48-21-5-42(6-22-48)60(70)84-52-29-13-46(14-30-52)64(74)86-54-33-17-44(18-34-54)62(72)82-50-25-9-40(10-26-50)58(68)80-39-81-59(69)41-11-27-51(28-12-41)83-63(73)45-19-35-55(36-20-45)87-65(75)47-15-31-53(32-16-47)85-61(71)43-7-23-49(24-8-43)77-38-79-57(67)4-2/h3-36H,1-2,37-39H2. The van der Waals surface area contributed by atoms with Crippen molar-refractivity contribution in [1.82, 2.24) is 0 Å². The molecule has 0 heterocycles. The lowest BCUT2D eigenvalue weighted by Crippen LogP contribution is -2.13. The molecule has 87 heavy (non-hydrogen) atoms. The van der Waals surface area contributed by atoms with Crippen molar-refractivity contribution in [3.05, 3.63) is 264 Å². The summed E-state index contributed by atoms with van der Waals surface area (Å²) < 4.78 is 62.6. The highest BCUT2D eigenvalue weighted by molar-refractivity contribution is 5.96. The monoisotopic (exact) mass is 1180 g/mol. The van der Waals surface area contributed by atoms with Crippen molar-refractivity contribution in [2.75, 3.05) is 20.4 Å². The minimum atomic E-state index is -0.856. The lowest BCUT2D eigenvalue weighted by molar-refractivity contribution is -0.145. The summed E-state index contributed by atoms with van der Waals surface area (Å²) in [6.45, 7) is 5.15. The van der Waals surface area contributed by atoms with Crippen molar-refractivity contribution in [3.63, 3.8) is 0 Å². The highest BCUT2D eigenvalue weighted by Gasteiger charge is 2.18. The molecule has 0 fully saturated rings. The fraction of sp³-hybridized carbons (Fsp3) is 0.0462. The Morgan fingerprint density at radius 2 is 0.402 bits per heavy atom. The van der Waals surface area contributed by atoms with Crippen molar-refractivity contribution in [2.45, 2.75) is 0 Å². The molecule has 8 rings (SSSR count). The van der Waals surface area contributed by atoms with Crippen LogP contribution in [0.4, 0.5) is 0 Å². The summed E-state index contributed by atoms with van der Waals surface area (Å²) in [5.74, 6) is -5.95. The molecule has 0 bridgehead atoms. The quantitative estimate of drug-likeness (QED) is 0.0179. The first-order chi connectivity index (χ1) is 42.1. The molecule has 0 aliphatic heterocycles. The third-order valence-electron chi connectivity index (χ3n) is 11.6. The predicted octanol–water partition coefficient (Wildman–Crippen LogP) is 10.1. The van der Waals surface area contributed by atoms with Crippen molar-refractivity contribution in [2.24, 2.45) is 0 Å². The Balaban J connectivity index is 0.705. The maximum atomic E-state index is 12.9. The molecule has 0 radical (unpaired) electrons. The van der Waals surface area contributed by atoms with Gasteiger partial charge in [0, 0.05) is 12.2 Å². The molecule has 0 aliphatic rings. The van der Waals surface area contributed by atoms with E-state index in [2.05, 4.69) is 13.2 Å². The number of hydrogen-bond acceptors (Lipinski definition) is 22. The summed E-state index contributed by atoms with van der Waals surface area (Å²) in [6.07, 6.45) is 1.99. The van der Waals surface area contributed by atoms with Crippen LogP contribution < -0.4 is 37.9 Å². The van der Waals surface area contributed by atoms with E-state index in [1.807, 2.05) is 0 Å². The molecule has 22 heteroatoms. The SMILES string of the molecule is C=CC(=O)OCOc1ccc(C(=O)Oc2ccc(C(=O)Oc3ccc(C(=O)Oc4ccc(C(=O)OCOC(=O)c5ccc(OC(=O)c6ccc(OC(=O)c7ccc(OC(=O)c8ccc(OCOC(=O)C=C)cc8)cc7)cc6)cc5)cc4)cc3)cc2)cc1. The van der Waals surface area contributed by atoms with E-state index in [1.54, 1.807) is 0 Å². The maximum absolute atomic E-state index is 12.9. The van der Waals surface area contributed by atoms with Crippen molar-refractivity contribution in [3.8, 4) is 46.0 Å². The third kappa shape index (κ3) is 17.8. The fourth-order valence-corrected chi connectivity index (χ4v) is 7.06. The zero-order valence-corrected chi connectivity index (χ0v) is 45.1. The van der Waals surface area contributed by atoms with Gasteiger partial charge < -0.3 is 56.8 Å². The first-order valence-electron chi connectivity index (χ1n) is 25.4. The molecule has 0 N–H and O–H groups in total. The molecule has 0 saturated carbocycles. The third-order valence-corrected chi connectivity index (χ3v) is 11.6. The van der Waals surface area contributed by atoms with E-state index in [0.717, 1.165) is 12.2 Å². The van der Waals surface area contributed by atoms with Crippen molar-refractivity contribution < 1.29 is 105 Å². The number of esters is 10. The van der Waals surface area contributed by atoms with Gasteiger partial charge in [0.1, 0.15) is 46.0 Å². The molecule has 22 nitrogen and oxygen atoms in total. The molecule has 0 atom stereocenters. The molecule has 8 aromatic carbocycles. The summed E-state index contributed by atoms with van der Waals surface area (Å²) in [5, 5.41) is 0. The van der Waals surface area contributed by atoms with Gasteiger partial charge in [-0.15, -0.1) is 0 Å². The minimum absolute atomic E-state index is 0.0439. The molecule has 0 aromatic heterocycles. The Labute approximate surface area is 493 Å². The van der Waals surface area contributed by atoms with Crippen molar-refractivity contribution in [1.29, 1.82) is 0 Å². The first kappa shape index (κ1) is 60.6. The summed E-state index contributed by atoms with van der Waals surface area (Å²) in [7, 11) is 0. The van der Waals surface area contributed by atoms with Crippen LogP contribution in [0.5, 0.6) is 46.0 Å². The summed E-state index contributed by atoms with van der Waals surface area (Å²) in [4.78, 5) is 124. The van der Waals surface area contributed by atoms with Crippen LogP contribution in [0.2, 0.25) is 0 Å². The van der Waals surface area contributed by atoms with E-state index >= 15 is 0 Å². The Morgan fingerprint density at radius 1 is 0.230 bits per heavy atom. The zero-order valence-electron chi connectivity index (χ0n) is 45.1. The van der Waals surface area contributed by atoms with Gasteiger partial charge in [-0.3, -0.25) is 0 Å². The normalized spacial score (nSPS) is 10.3. The maximum Gasteiger partial charge on any atom is 0.343 e. The van der Waals surface area contributed by atoms with E-state index < -0.39 is 66.5 Å². The Kier molecular flexibility index (Phi) is 20.6. The van der Waals surface area contributed by atoms with Gasteiger partial charge in [0.05, 0.1) is 44.5 Å². The van der Waals surface area contributed by atoms with Gasteiger partial charge in [0.15, 0.2) is 0 Å². The van der Waals surface area contributed by atoms with Crippen LogP contribution >= 0.6 is 0 Å². The average molecular weight is 1180 g/mol. The fourth-order valence-electron chi connectivity index (χ4n) is 7.06. The van der Waals surface area contributed by atoms with Gasteiger partial charge in [0.2, 0.25) is 20.4 Å². The van der Waals surface area contributed by atoms with Crippen LogP contribution in [-0.2, 0) is 28.5 Å². The highest BCUT2D eigenvalue weighted by atomic mass is 16.7. The zero-order chi connectivity index (χ0) is 61.7. The molecule has 0 aliphatic carbocycles. The van der Waals surface area contributed by atoms with Gasteiger partial charge in [-0.1, -0.05) is 13.2 Å². The largest absolute Gasteiger partial charge is 0.457 e. The van der Waals surface area contributed by atoms with Crippen LogP contribution in [0.25, 0.3) is 0 Å². The van der Waals surface area contributed by atoms with Gasteiger partial charge >= 0.3 is 59.7 Å². The lowest BCUT2D eigenvalue weighted by atomic mass is 10.2. The van der Waals surface area contributed by atoms with Crippen molar-refractivity contribution >= 4 is 59.7 Å². The molecule has 8 aromatic rings. The second kappa shape index (κ2) is 29.5. The van der Waals surface area contributed by atoms with E-state index in [-0.39, 0.29) is 92.6 Å². The van der Waals surface area contributed by atoms with Gasteiger partial charge in [-0.05, 0) is 194 Å². The van der Waals surface area contributed by atoms with Gasteiger partial charge in [-0.25, -0.2) is 47.9 Å². The van der Waals surface area contributed by atoms with Gasteiger partial charge in [-0.2, -0.15) is 0 Å². The second-order valence-corrected chi connectivity index (χ2v) is 17.4. The first-order valence-corrected chi connectivity index (χ1v) is 25.4. The van der Waals surface area contributed by atoms with Gasteiger partial charge in [0.25, 0.3) is 0 Å². The average Bonchev–Trinajstić information content (AvgIpc) is 3.71. The molecule has 436 valence electrons. The van der Waals surface area contributed by atoms with E-state index in [4.69, 9.17) is 56.8 Å². The second-order valence-electron chi connectivity index (χ2n) is 17.4. The number of carbonyl (C=O) groups excluding carboxylic acids is 10. The van der Waals surface area contributed by atoms with E-state index in [0.29, 0.717) is 11.5 Å². The summed E-state index contributed by atoms with van der Waals surface area (Å²) in [6, 6.07) is 44.7. The summed E-state index contributed by atoms with van der Waals surface area (Å²) in [5.41, 5.74) is 0.999. The molecular formula is C65H44O22. The van der Waals surface area contributed by atoms with E-state index in [9.17, 15) is 47.9 Å². The Morgan fingerprint density at radius 3 is 0.586 bits per heavy atom. The van der Waals surface area contributed by atoms with Crippen LogP contribution in [0.1, 0.15) is 82.9 Å². The topological polar surface area (TPSA) is 281 Å². The van der Waals surface area contributed by atoms with Crippen LogP contribution in [0, 0.1) is 0 Å². The number of hydrogen-bond donors (Lipinski definition) is 0. The van der Waals surface area contributed by atoms with Crippen LogP contribution in [-0.4, -0.2) is 80.1 Å². The van der Waals surface area contributed by atoms with Crippen LogP contribution in [0.15, 0.2) is 219 Å². The molecule has 0 unspecified atom stereocenters. The van der Waals surface area contributed by atoms with E-state index in [1.165, 1.54) is 194 Å². The Bertz CT molecular complexity index is 3580.